The van der Waals surface area contributed by atoms with Crippen LogP contribution in [0.3, 0.4) is 0 Å². The van der Waals surface area contributed by atoms with E-state index in [1.807, 2.05) is 73.0 Å². The highest BCUT2D eigenvalue weighted by Gasteiger charge is 2.16. The third-order valence-corrected chi connectivity index (χ3v) is 6.07. The molecule has 0 fully saturated rings. The Morgan fingerprint density at radius 1 is 0.969 bits per heavy atom. The Bertz CT molecular complexity index is 1260. The van der Waals surface area contributed by atoms with Crippen LogP contribution in [0.5, 0.6) is 5.75 Å². The first-order valence-electron chi connectivity index (χ1n) is 9.94. The molecule has 4 nitrogen and oxygen atoms in total. The van der Waals surface area contributed by atoms with Crippen LogP contribution in [-0.4, -0.2) is 24.3 Å². The zero-order valence-electron chi connectivity index (χ0n) is 17.6. The van der Waals surface area contributed by atoms with Crippen molar-refractivity contribution in [2.24, 2.45) is 0 Å². The second-order valence-corrected chi connectivity index (χ2v) is 8.29. The van der Waals surface area contributed by atoms with Gasteiger partial charge in [0.2, 0.25) is 0 Å². The average Bonchev–Trinajstić information content (AvgIpc) is 2.85. The molecule has 1 N–H and O–H groups in total. The smallest absolute Gasteiger partial charge is 0.256 e. The number of nitrogens with zero attached hydrogens (tertiary/aromatic N) is 1. The highest BCUT2D eigenvalue weighted by atomic mass is 35.5. The Labute approximate surface area is 196 Å². The fourth-order valence-corrected chi connectivity index (χ4v) is 4.05. The number of hydrogen-bond donors (Lipinski definition) is 1. The van der Waals surface area contributed by atoms with E-state index < -0.39 is 0 Å². The number of methoxy groups -OCH3 is 1. The number of anilines is 1. The first kappa shape index (κ1) is 21.9. The molecule has 1 aromatic heterocycles. The monoisotopic (exact) mass is 460 g/mol. The molecule has 0 unspecified atom stereocenters. The van der Waals surface area contributed by atoms with E-state index >= 15 is 0 Å². The number of halogens is 1. The molecule has 0 radical (unpaired) electrons. The minimum Gasteiger partial charge on any atom is -0.497 e. The van der Waals surface area contributed by atoms with Gasteiger partial charge in [0.25, 0.3) is 5.91 Å². The van der Waals surface area contributed by atoms with Crippen molar-refractivity contribution in [2.45, 2.75) is 4.90 Å². The maximum absolute atomic E-state index is 13.3. The number of amides is 1. The van der Waals surface area contributed by atoms with Crippen LogP contribution >= 0.6 is 23.4 Å². The molecule has 0 saturated heterocycles. The first-order valence-corrected chi connectivity index (χ1v) is 11.5. The molecular weight excluding hydrogens is 440 g/mol. The lowest BCUT2D eigenvalue weighted by molar-refractivity contribution is 0.102. The van der Waals surface area contributed by atoms with E-state index in [1.165, 1.54) is 0 Å². The lowest BCUT2D eigenvalue weighted by Gasteiger charge is -2.14. The summed E-state index contributed by atoms with van der Waals surface area (Å²) in [5, 5.41) is 3.58. The fraction of sp³-hybridized carbons (Fsp3) is 0.0769. The van der Waals surface area contributed by atoms with Gasteiger partial charge in [0, 0.05) is 27.9 Å². The summed E-state index contributed by atoms with van der Waals surface area (Å²) in [7, 11) is 1.63. The molecule has 1 amide bonds. The molecule has 0 bridgehead atoms. The van der Waals surface area contributed by atoms with Gasteiger partial charge in [0.1, 0.15) is 5.75 Å². The number of benzene rings is 3. The lowest BCUT2D eigenvalue weighted by Crippen LogP contribution is -2.13. The van der Waals surface area contributed by atoms with E-state index in [1.54, 1.807) is 37.2 Å². The van der Waals surface area contributed by atoms with Gasteiger partial charge in [-0.2, -0.15) is 0 Å². The van der Waals surface area contributed by atoms with Gasteiger partial charge >= 0.3 is 0 Å². The molecule has 0 aliphatic rings. The summed E-state index contributed by atoms with van der Waals surface area (Å²) < 4.78 is 5.37. The Morgan fingerprint density at radius 2 is 1.84 bits per heavy atom. The van der Waals surface area contributed by atoms with Crippen molar-refractivity contribution in [2.75, 3.05) is 18.7 Å². The molecule has 3 aromatic carbocycles. The van der Waals surface area contributed by atoms with Crippen molar-refractivity contribution >= 4 is 35.0 Å². The topological polar surface area (TPSA) is 51.2 Å². The summed E-state index contributed by atoms with van der Waals surface area (Å²) in [5.74, 6) is 0.533. The summed E-state index contributed by atoms with van der Waals surface area (Å²) >= 11 is 8.01. The second kappa shape index (κ2) is 9.90. The summed E-state index contributed by atoms with van der Waals surface area (Å²) in [6.07, 6.45) is 3.72. The molecule has 0 saturated carbocycles. The summed E-state index contributed by atoms with van der Waals surface area (Å²) in [5.41, 5.74) is 4.48. The van der Waals surface area contributed by atoms with Gasteiger partial charge in [0.15, 0.2) is 0 Å². The molecule has 0 aliphatic carbocycles. The number of aromatic nitrogens is 1. The number of hydrogen-bond acceptors (Lipinski definition) is 4. The molecule has 1 heterocycles. The van der Waals surface area contributed by atoms with Gasteiger partial charge in [-0.25, -0.2) is 0 Å². The minimum absolute atomic E-state index is 0.204. The van der Waals surface area contributed by atoms with Crippen molar-refractivity contribution in [3.05, 3.63) is 95.6 Å². The highest BCUT2D eigenvalue weighted by molar-refractivity contribution is 7.98. The number of carbonyl (C=O) groups excluding carboxylic acids is 1. The van der Waals surface area contributed by atoms with Gasteiger partial charge in [-0.15, -0.1) is 11.8 Å². The summed E-state index contributed by atoms with van der Waals surface area (Å²) in [6, 6.07) is 24.5. The SMILES string of the molecule is COc1cccc(-c2cc(SC)ccc2C(=O)Nc2ccc(Cl)c(-c3ccccn3)c2)c1. The van der Waals surface area contributed by atoms with E-state index in [-0.39, 0.29) is 5.91 Å². The summed E-state index contributed by atoms with van der Waals surface area (Å²) in [6.45, 7) is 0. The molecule has 160 valence electrons. The molecule has 4 aromatic rings. The number of pyridine rings is 1. The summed E-state index contributed by atoms with van der Waals surface area (Å²) in [4.78, 5) is 18.7. The molecular formula is C26H21ClN2O2S. The van der Waals surface area contributed by atoms with E-state index in [4.69, 9.17) is 16.3 Å². The van der Waals surface area contributed by atoms with Gasteiger partial charge < -0.3 is 10.1 Å². The Balaban J connectivity index is 1.70. The van der Waals surface area contributed by atoms with Crippen LogP contribution in [0, 0.1) is 0 Å². The number of carbonyl (C=O) groups is 1. The van der Waals surface area contributed by atoms with Crippen LogP contribution < -0.4 is 10.1 Å². The van der Waals surface area contributed by atoms with E-state index in [2.05, 4.69) is 10.3 Å². The van der Waals surface area contributed by atoms with Crippen LogP contribution in [0.25, 0.3) is 22.4 Å². The first-order chi connectivity index (χ1) is 15.6. The minimum atomic E-state index is -0.204. The predicted octanol–water partition coefficient (Wildman–Crippen LogP) is 7.05. The molecule has 0 aliphatic heterocycles. The third-order valence-electron chi connectivity index (χ3n) is 5.02. The quantitative estimate of drug-likeness (QED) is 0.313. The fourth-order valence-electron chi connectivity index (χ4n) is 3.40. The lowest BCUT2D eigenvalue weighted by atomic mass is 9.98. The molecule has 6 heteroatoms. The highest BCUT2D eigenvalue weighted by Crippen LogP contribution is 2.32. The molecule has 32 heavy (non-hydrogen) atoms. The van der Waals surface area contributed by atoms with Crippen molar-refractivity contribution < 1.29 is 9.53 Å². The Morgan fingerprint density at radius 3 is 2.59 bits per heavy atom. The standard InChI is InChI=1S/C26H21ClN2O2S/c1-31-19-7-5-6-17(14-19)22-16-20(32-2)10-11-21(22)26(30)29-18-9-12-24(27)23(15-18)25-8-3-4-13-28-25/h3-16H,1-2H3,(H,29,30). The number of nitrogens with one attached hydrogen (secondary N) is 1. The van der Waals surface area contributed by atoms with E-state index in [0.717, 1.165) is 33.0 Å². The number of thioether (sulfide) groups is 1. The average molecular weight is 461 g/mol. The normalized spacial score (nSPS) is 10.6. The Kier molecular flexibility index (Phi) is 6.78. The van der Waals surface area contributed by atoms with Crippen LogP contribution in [0.2, 0.25) is 5.02 Å². The molecule has 0 atom stereocenters. The van der Waals surface area contributed by atoms with Gasteiger partial charge in [-0.05, 0) is 78.0 Å². The second-order valence-electron chi connectivity index (χ2n) is 7.01. The van der Waals surface area contributed by atoms with Crippen molar-refractivity contribution in [1.82, 2.24) is 4.98 Å². The maximum atomic E-state index is 13.3. The van der Waals surface area contributed by atoms with Crippen LogP contribution in [0.15, 0.2) is 90.0 Å². The zero-order valence-corrected chi connectivity index (χ0v) is 19.2. The number of rotatable bonds is 6. The van der Waals surface area contributed by atoms with Crippen molar-refractivity contribution in [3.63, 3.8) is 0 Å². The van der Waals surface area contributed by atoms with E-state index in [9.17, 15) is 4.79 Å². The van der Waals surface area contributed by atoms with Gasteiger partial charge in [0.05, 0.1) is 17.8 Å². The zero-order chi connectivity index (χ0) is 22.5. The van der Waals surface area contributed by atoms with Crippen molar-refractivity contribution in [1.29, 1.82) is 0 Å². The van der Waals surface area contributed by atoms with Crippen molar-refractivity contribution in [3.8, 4) is 28.1 Å². The molecule has 4 rings (SSSR count). The van der Waals surface area contributed by atoms with Crippen LogP contribution in [0.4, 0.5) is 5.69 Å². The Hall–Kier alpha value is -3.28. The third kappa shape index (κ3) is 4.79. The van der Waals surface area contributed by atoms with Crippen LogP contribution in [0.1, 0.15) is 10.4 Å². The van der Waals surface area contributed by atoms with Gasteiger partial charge in [-0.3, -0.25) is 9.78 Å². The number of ether oxygens (including phenoxy) is 1. The largest absolute Gasteiger partial charge is 0.497 e. The van der Waals surface area contributed by atoms with Gasteiger partial charge in [-0.1, -0.05) is 29.8 Å². The van der Waals surface area contributed by atoms with Crippen LogP contribution in [-0.2, 0) is 0 Å². The van der Waals surface area contributed by atoms with E-state index in [0.29, 0.717) is 16.3 Å². The predicted molar refractivity (Wildman–Crippen MR) is 133 cm³/mol. The molecule has 0 spiro atoms. The maximum Gasteiger partial charge on any atom is 0.256 e.